The van der Waals surface area contributed by atoms with E-state index in [0.29, 0.717) is 31.3 Å². The minimum Gasteiger partial charge on any atom is -0.493 e. The molecule has 0 bridgehead atoms. The zero-order valence-corrected chi connectivity index (χ0v) is 12.8. The fourth-order valence-electron chi connectivity index (χ4n) is 1.69. The fourth-order valence-corrected chi connectivity index (χ4v) is 1.69. The Labute approximate surface area is 125 Å². The van der Waals surface area contributed by atoms with Crippen LogP contribution in [0.4, 0.5) is 0 Å². The molecule has 1 aromatic carbocycles. The number of hydrogen-bond acceptors (Lipinski definition) is 6. The van der Waals surface area contributed by atoms with Gasteiger partial charge in [-0.15, -0.1) is 0 Å². The van der Waals surface area contributed by atoms with Crippen LogP contribution in [0.5, 0.6) is 11.5 Å². The highest BCUT2D eigenvalue weighted by Gasteiger charge is 2.09. The van der Waals surface area contributed by atoms with Gasteiger partial charge in [0, 0.05) is 20.2 Å². The molecule has 1 rings (SSSR count). The molecular formula is C15H23NO5. The monoisotopic (exact) mass is 297 g/mol. The van der Waals surface area contributed by atoms with Crippen molar-refractivity contribution in [1.82, 2.24) is 5.32 Å². The van der Waals surface area contributed by atoms with Crippen LogP contribution in [0.1, 0.15) is 12.5 Å². The molecule has 6 nitrogen and oxygen atoms in total. The van der Waals surface area contributed by atoms with Crippen LogP contribution in [0.3, 0.4) is 0 Å². The van der Waals surface area contributed by atoms with Crippen molar-refractivity contribution in [3.8, 4) is 11.5 Å². The van der Waals surface area contributed by atoms with Crippen molar-refractivity contribution in [3.63, 3.8) is 0 Å². The molecule has 1 N–H and O–H groups in total. The van der Waals surface area contributed by atoms with Gasteiger partial charge in [0.15, 0.2) is 18.1 Å². The minimum absolute atomic E-state index is 0.129. The van der Waals surface area contributed by atoms with E-state index in [-0.39, 0.29) is 6.61 Å². The first-order valence-corrected chi connectivity index (χ1v) is 6.86. The number of rotatable bonds is 10. The second-order valence-corrected chi connectivity index (χ2v) is 4.25. The van der Waals surface area contributed by atoms with Gasteiger partial charge in [-0.2, -0.15) is 0 Å². The first-order chi connectivity index (χ1) is 10.2. The van der Waals surface area contributed by atoms with Crippen molar-refractivity contribution in [2.75, 3.05) is 40.6 Å². The summed E-state index contributed by atoms with van der Waals surface area (Å²) in [6.45, 7) is 4.11. The quantitative estimate of drug-likeness (QED) is 0.520. The zero-order chi connectivity index (χ0) is 15.5. The largest absolute Gasteiger partial charge is 0.493 e. The van der Waals surface area contributed by atoms with Crippen LogP contribution < -0.4 is 14.8 Å². The molecule has 0 radical (unpaired) electrons. The average Bonchev–Trinajstić information content (AvgIpc) is 2.50. The summed E-state index contributed by atoms with van der Waals surface area (Å²) < 4.78 is 20.5. The van der Waals surface area contributed by atoms with Gasteiger partial charge in [0.05, 0.1) is 20.3 Å². The summed E-state index contributed by atoms with van der Waals surface area (Å²) in [5.74, 6) is 0.710. The third-order valence-corrected chi connectivity index (χ3v) is 2.69. The highest BCUT2D eigenvalue weighted by atomic mass is 16.6. The highest BCUT2D eigenvalue weighted by molar-refractivity contribution is 5.71. The molecule has 0 unspecified atom stereocenters. The van der Waals surface area contributed by atoms with Crippen LogP contribution in [-0.2, 0) is 20.8 Å². The van der Waals surface area contributed by atoms with Gasteiger partial charge in [0.1, 0.15) is 0 Å². The third-order valence-electron chi connectivity index (χ3n) is 2.69. The van der Waals surface area contributed by atoms with Gasteiger partial charge in [0.25, 0.3) is 0 Å². The predicted molar refractivity (Wildman–Crippen MR) is 78.7 cm³/mol. The molecule has 0 fully saturated rings. The third kappa shape index (κ3) is 6.46. The average molecular weight is 297 g/mol. The molecule has 6 heteroatoms. The maximum absolute atomic E-state index is 11.3. The van der Waals surface area contributed by atoms with Crippen molar-refractivity contribution < 1.29 is 23.7 Å². The number of carbonyl (C=O) groups is 1. The minimum atomic E-state index is -0.398. The molecule has 0 aromatic heterocycles. The number of nitrogens with one attached hydrogen (secondary N) is 1. The van der Waals surface area contributed by atoms with Crippen molar-refractivity contribution in [2.24, 2.45) is 0 Å². The van der Waals surface area contributed by atoms with Crippen LogP contribution in [0.25, 0.3) is 0 Å². The second-order valence-electron chi connectivity index (χ2n) is 4.25. The summed E-state index contributed by atoms with van der Waals surface area (Å²) >= 11 is 0. The number of methoxy groups -OCH3 is 2. The van der Waals surface area contributed by atoms with Crippen molar-refractivity contribution >= 4 is 5.97 Å². The Morgan fingerprint density at radius 1 is 1.24 bits per heavy atom. The Hall–Kier alpha value is -1.79. The Morgan fingerprint density at radius 2 is 2.05 bits per heavy atom. The Morgan fingerprint density at radius 3 is 2.71 bits per heavy atom. The predicted octanol–water partition coefficient (Wildman–Crippen LogP) is 1.37. The Kier molecular flexibility index (Phi) is 8.23. The lowest BCUT2D eigenvalue weighted by atomic mass is 10.2. The molecule has 0 heterocycles. The van der Waals surface area contributed by atoms with E-state index in [2.05, 4.69) is 5.32 Å². The number of benzene rings is 1. The number of carbonyl (C=O) groups excluding carboxylic acids is 1. The van der Waals surface area contributed by atoms with E-state index in [9.17, 15) is 4.79 Å². The van der Waals surface area contributed by atoms with Gasteiger partial charge in [-0.05, 0) is 24.6 Å². The maximum Gasteiger partial charge on any atom is 0.344 e. The first kappa shape index (κ1) is 17.3. The Balaban J connectivity index is 2.55. The zero-order valence-electron chi connectivity index (χ0n) is 12.8. The van der Waals surface area contributed by atoms with Gasteiger partial charge in [-0.25, -0.2) is 4.79 Å². The maximum atomic E-state index is 11.3. The molecule has 0 spiro atoms. The van der Waals surface area contributed by atoms with Crippen LogP contribution in [0.2, 0.25) is 0 Å². The summed E-state index contributed by atoms with van der Waals surface area (Å²) in [6, 6.07) is 5.58. The highest BCUT2D eigenvalue weighted by Crippen LogP contribution is 2.28. The molecule has 0 aliphatic carbocycles. The topological polar surface area (TPSA) is 66.0 Å². The van der Waals surface area contributed by atoms with Crippen LogP contribution in [0, 0.1) is 0 Å². The molecule has 0 saturated heterocycles. The van der Waals surface area contributed by atoms with E-state index < -0.39 is 5.97 Å². The van der Waals surface area contributed by atoms with Gasteiger partial charge in [0.2, 0.25) is 0 Å². The standard InChI is InChI=1S/C15H23NO5/c1-4-20-15(17)11-21-13-6-5-12(9-14(13)19-3)10-16-7-8-18-2/h5-6,9,16H,4,7-8,10-11H2,1-3H3. The van der Waals surface area contributed by atoms with Gasteiger partial charge < -0.3 is 24.3 Å². The van der Waals surface area contributed by atoms with Crippen molar-refractivity contribution in [3.05, 3.63) is 23.8 Å². The number of hydrogen-bond donors (Lipinski definition) is 1. The van der Waals surface area contributed by atoms with Crippen molar-refractivity contribution in [1.29, 1.82) is 0 Å². The molecule has 21 heavy (non-hydrogen) atoms. The molecule has 1 aromatic rings. The fraction of sp³-hybridized carbons (Fsp3) is 0.533. The summed E-state index contributed by atoms with van der Waals surface area (Å²) in [6.07, 6.45) is 0. The van der Waals surface area contributed by atoms with E-state index in [0.717, 1.165) is 12.1 Å². The molecule has 0 amide bonds. The van der Waals surface area contributed by atoms with Gasteiger partial charge >= 0.3 is 5.97 Å². The summed E-state index contributed by atoms with van der Waals surface area (Å²) in [4.78, 5) is 11.3. The van der Waals surface area contributed by atoms with Crippen LogP contribution in [-0.4, -0.2) is 46.6 Å². The normalized spacial score (nSPS) is 10.2. The smallest absolute Gasteiger partial charge is 0.344 e. The van der Waals surface area contributed by atoms with E-state index in [1.54, 1.807) is 27.2 Å². The van der Waals surface area contributed by atoms with E-state index in [1.165, 1.54) is 0 Å². The molecule has 0 atom stereocenters. The summed E-state index contributed by atoms with van der Waals surface area (Å²) in [7, 11) is 3.23. The lowest BCUT2D eigenvalue weighted by Crippen LogP contribution is -2.18. The van der Waals surface area contributed by atoms with E-state index >= 15 is 0 Å². The SMILES string of the molecule is CCOC(=O)COc1ccc(CNCCOC)cc1OC. The van der Waals surface area contributed by atoms with Gasteiger partial charge in [-0.1, -0.05) is 6.07 Å². The van der Waals surface area contributed by atoms with Crippen molar-refractivity contribution in [2.45, 2.75) is 13.5 Å². The summed E-state index contributed by atoms with van der Waals surface area (Å²) in [5, 5.41) is 3.24. The first-order valence-electron chi connectivity index (χ1n) is 6.86. The lowest BCUT2D eigenvalue weighted by Gasteiger charge is -2.12. The summed E-state index contributed by atoms with van der Waals surface area (Å²) in [5.41, 5.74) is 1.06. The Bertz CT molecular complexity index is 436. The van der Waals surface area contributed by atoms with Gasteiger partial charge in [-0.3, -0.25) is 0 Å². The number of esters is 1. The lowest BCUT2D eigenvalue weighted by molar-refractivity contribution is -0.145. The van der Waals surface area contributed by atoms with E-state index in [1.807, 2.05) is 12.1 Å². The van der Waals surface area contributed by atoms with Crippen LogP contribution in [0.15, 0.2) is 18.2 Å². The molecule has 118 valence electrons. The van der Waals surface area contributed by atoms with E-state index in [4.69, 9.17) is 18.9 Å². The second kappa shape index (κ2) is 10.0. The number of ether oxygens (including phenoxy) is 4. The molecule has 0 aliphatic heterocycles. The molecule has 0 aliphatic rings. The molecule has 0 saturated carbocycles. The molecular weight excluding hydrogens is 274 g/mol. The van der Waals surface area contributed by atoms with Crippen LogP contribution >= 0.6 is 0 Å².